The fourth-order valence-electron chi connectivity index (χ4n) is 2.19. The normalized spacial score (nSPS) is 22.6. The molecule has 0 saturated carbocycles. The standard InChI is InChI=1S/C13H17N3O4/c1-8-7-20-9(2)6-15(8)13(17)10-3-4-11(14)12(5-10)16(18)19/h3-5,8-9H,6-7,14H2,1-2H3. The molecule has 0 bridgehead atoms. The number of amides is 1. The minimum absolute atomic E-state index is 0.0427. The molecule has 1 fully saturated rings. The first-order valence-electron chi connectivity index (χ1n) is 6.36. The van der Waals surface area contributed by atoms with Gasteiger partial charge >= 0.3 is 0 Å². The highest BCUT2D eigenvalue weighted by molar-refractivity contribution is 5.96. The summed E-state index contributed by atoms with van der Waals surface area (Å²) < 4.78 is 5.47. The molecule has 1 saturated heterocycles. The number of rotatable bonds is 2. The number of nitrogens with zero attached hydrogens (tertiary/aromatic N) is 2. The zero-order chi connectivity index (χ0) is 14.9. The van der Waals surface area contributed by atoms with E-state index < -0.39 is 4.92 Å². The van der Waals surface area contributed by atoms with Gasteiger partial charge in [-0.1, -0.05) is 0 Å². The van der Waals surface area contributed by atoms with Crippen LogP contribution in [0.2, 0.25) is 0 Å². The van der Waals surface area contributed by atoms with Gasteiger partial charge in [-0.2, -0.15) is 0 Å². The van der Waals surface area contributed by atoms with E-state index in [2.05, 4.69) is 0 Å². The van der Waals surface area contributed by atoms with Crippen LogP contribution in [-0.2, 0) is 4.74 Å². The van der Waals surface area contributed by atoms with Gasteiger partial charge < -0.3 is 15.4 Å². The second-order valence-corrected chi connectivity index (χ2v) is 4.98. The number of hydrogen-bond donors (Lipinski definition) is 1. The van der Waals surface area contributed by atoms with Gasteiger partial charge in [0, 0.05) is 18.2 Å². The number of benzene rings is 1. The maximum atomic E-state index is 12.4. The van der Waals surface area contributed by atoms with E-state index in [1.807, 2.05) is 13.8 Å². The molecule has 0 aliphatic carbocycles. The van der Waals surface area contributed by atoms with Crippen molar-refractivity contribution >= 4 is 17.3 Å². The zero-order valence-electron chi connectivity index (χ0n) is 11.4. The van der Waals surface area contributed by atoms with Crippen molar-refractivity contribution in [2.24, 2.45) is 0 Å². The molecule has 2 rings (SSSR count). The maximum Gasteiger partial charge on any atom is 0.292 e. The van der Waals surface area contributed by atoms with Crippen molar-refractivity contribution in [2.75, 3.05) is 18.9 Å². The summed E-state index contributed by atoms with van der Waals surface area (Å²) in [7, 11) is 0. The van der Waals surface area contributed by atoms with Crippen LogP contribution in [0.25, 0.3) is 0 Å². The van der Waals surface area contributed by atoms with Crippen LogP contribution in [0.15, 0.2) is 18.2 Å². The third-order valence-corrected chi connectivity index (χ3v) is 3.34. The summed E-state index contributed by atoms with van der Waals surface area (Å²) in [6.45, 7) is 4.70. The van der Waals surface area contributed by atoms with Crippen LogP contribution in [0.5, 0.6) is 0 Å². The lowest BCUT2D eigenvalue weighted by Gasteiger charge is -2.36. The van der Waals surface area contributed by atoms with Crippen LogP contribution in [0.1, 0.15) is 24.2 Å². The molecule has 7 heteroatoms. The molecule has 0 radical (unpaired) electrons. The largest absolute Gasteiger partial charge is 0.393 e. The quantitative estimate of drug-likeness (QED) is 0.501. The van der Waals surface area contributed by atoms with E-state index in [0.29, 0.717) is 13.2 Å². The Balaban J connectivity index is 2.29. The van der Waals surface area contributed by atoms with Gasteiger partial charge in [-0.25, -0.2) is 0 Å². The number of nitro groups is 1. The summed E-state index contributed by atoms with van der Waals surface area (Å²) in [6, 6.07) is 4.07. The van der Waals surface area contributed by atoms with Gasteiger partial charge in [0.2, 0.25) is 0 Å². The number of ether oxygens (including phenoxy) is 1. The van der Waals surface area contributed by atoms with Crippen molar-refractivity contribution in [3.05, 3.63) is 33.9 Å². The number of nitrogens with two attached hydrogens (primary N) is 1. The minimum Gasteiger partial charge on any atom is -0.393 e. The molecule has 1 heterocycles. The fourth-order valence-corrected chi connectivity index (χ4v) is 2.19. The smallest absolute Gasteiger partial charge is 0.292 e. The highest BCUT2D eigenvalue weighted by Crippen LogP contribution is 2.24. The second-order valence-electron chi connectivity index (χ2n) is 4.98. The molecule has 2 atom stereocenters. The molecular weight excluding hydrogens is 262 g/mol. The number of anilines is 1. The first-order valence-corrected chi connectivity index (χ1v) is 6.36. The van der Waals surface area contributed by atoms with Crippen molar-refractivity contribution in [2.45, 2.75) is 26.0 Å². The van der Waals surface area contributed by atoms with Crippen LogP contribution in [0.4, 0.5) is 11.4 Å². The number of nitrogen functional groups attached to an aromatic ring is 1. The number of nitro benzene ring substituents is 1. The molecule has 1 amide bonds. The van der Waals surface area contributed by atoms with E-state index >= 15 is 0 Å². The summed E-state index contributed by atoms with van der Waals surface area (Å²) >= 11 is 0. The van der Waals surface area contributed by atoms with E-state index in [4.69, 9.17) is 10.5 Å². The van der Waals surface area contributed by atoms with Crippen LogP contribution < -0.4 is 5.73 Å². The number of morpholine rings is 1. The first-order chi connectivity index (χ1) is 9.40. The molecule has 2 unspecified atom stereocenters. The van der Waals surface area contributed by atoms with Gasteiger partial charge in [0.15, 0.2) is 0 Å². The average Bonchev–Trinajstić information content (AvgIpc) is 2.41. The molecule has 2 N–H and O–H groups in total. The molecule has 0 aromatic heterocycles. The third-order valence-electron chi connectivity index (χ3n) is 3.34. The van der Waals surface area contributed by atoms with E-state index in [1.165, 1.54) is 18.2 Å². The minimum atomic E-state index is -0.586. The maximum absolute atomic E-state index is 12.4. The lowest BCUT2D eigenvalue weighted by Crippen LogP contribution is -2.50. The summed E-state index contributed by atoms with van der Waals surface area (Å²) in [6.07, 6.45) is -0.0427. The Labute approximate surface area is 116 Å². The molecule has 1 aromatic carbocycles. The van der Waals surface area contributed by atoms with Gasteiger partial charge in [0.1, 0.15) is 5.69 Å². The molecule has 1 aliphatic heterocycles. The molecule has 108 valence electrons. The second kappa shape index (κ2) is 5.46. The Morgan fingerprint density at radius 1 is 1.50 bits per heavy atom. The highest BCUT2D eigenvalue weighted by atomic mass is 16.6. The van der Waals surface area contributed by atoms with E-state index in [-0.39, 0.29) is 35.0 Å². The van der Waals surface area contributed by atoms with Crippen molar-refractivity contribution in [3.8, 4) is 0 Å². The van der Waals surface area contributed by atoms with Gasteiger partial charge in [0.25, 0.3) is 11.6 Å². The predicted molar refractivity (Wildman–Crippen MR) is 73.4 cm³/mol. The zero-order valence-corrected chi connectivity index (χ0v) is 11.4. The molecule has 1 aliphatic rings. The van der Waals surface area contributed by atoms with Crippen LogP contribution in [-0.4, -0.2) is 41.0 Å². The highest BCUT2D eigenvalue weighted by Gasteiger charge is 2.29. The number of carbonyl (C=O) groups excluding carboxylic acids is 1. The van der Waals surface area contributed by atoms with Crippen molar-refractivity contribution < 1.29 is 14.5 Å². The van der Waals surface area contributed by atoms with E-state index in [0.717, 1.165) is 0 Å². The third kappa shape index (κ3) is 2.72. The van der Waals surface area contributed by atoms with Crippen molar-refractivity contribution in [1.82, 2.24) is 4.90 Å². The molecule has 20 heavy (non-hydrogen) atoms. The Morgan fingerprint density at radius 2 is 2.20 bits per heavy atom. The Bertz CT molecular complexity index is 546. The summed E-state index contributed by atoms with van der Waals surface area (Å²) in [5.41, 5.74) is 5.61. The lowest BCUT2D eigenvalue weighted by atomic mass is 10.1. The number of hydrogen-bond acceptors (Lipinski definition) is 5. The number of carbonyl (C=O) groups is 1. The topological polar surface area (TPSA) is 98.7 Å². The van der Waals surface area contributed by atoms with Gasteiger partial charge in [-0.15, -0.1) is 0 Å². The molecule has 7 nitrogen and oxygen atoms in total. The Hall–Kier alpha value is -2.15. The van der Waals surface area contributed by atoms with Gasteiger partial charge in [-0.3, -0.25) is 14.9 Å². The SMILES string of the molecule is CC1CN(C(=O)c2ccc(N)c([N+](=O)[O-])c2)C(C)CO1. The van der Waals surface area contributed by atoms with E-state index in [1.54, 1.807) is 4.90 Å². The van der Waals surface area contributed by atoms with Crippen molar-refractivity contribution in [3.63, 3.8) is 0 Å². The first kappa shape index (κ1) is 14.3. The lowest BCUT2D eigenvalue weighted by molar-refractivity contribution is -0.383. The molecule has 0 spiro atoms. The summed E-state index contributed by atoms with van der Waals surface area (Å²) in [5.74, 6) is -0.240. The van der Waals surface area contributed by atoms with Gasteiger partial charge in [0.05, 0.1) is 23.7 Å². The predicted octanol–water partition coefficient (Wildman–Crippen LogP) is 1.43. The Morgan fingerprint density at radius 3 is 2.85 bits per heavy atom. The molecular formula is C13H17N3O4. The molecule has 1 aromatic rings. The van der Waals surface area contributed by atoms with Gasteiger partial charge in [-0.05, 0) is 26.0 Å². The van der Waals surface area contributed by atoms with E-state index in [9.17, 15) is 14.9 Å². The summed E-state index contributed by atoms with van der Waals surface area (Å²) in [4.78, 5) is 24.4. The van der Waals surface area contributed by atoms with Crippen LogP contribution in [0, 0.1) is 10.1 Å². The van der Waals surface area contributed by atoms with Crippen molar-refractivity contribution in [1.29, 1.82) is 0 Å². The van der Waals surface area contributed by atoms with Crippen LogP contribution >= 0.6 is 0 Å². The average molecular weight is 279 g/mol. The Kier molecular flexibility index (Phi) is 3.89. The van der Waals surface area contributed by atoms with Crippen LogP contribution in [0.3, 0.4) is 0 Å². The summed E-state index contributed by atoms with van der Waals surface area (Å²) in [5, 5.41) is 10.9. The monoisotopic (exact) mass is 279 g/mol. The fraction of sp³-hybridized carbons (Fsp3) is 0.462.